The van der Waals surface area contributed by atoms with E-state index in [4.69, 9.17) is 17.0 Å². The predicted octanol–water partition coefficient (Wildman–Crippen LogP) is 3.99. The van der Waals surface area contributed by atoms with Crippen molar-refractivity contribution < 1.29 is 0 Å². The molecule has 0 aliphatic rings. The molecule has 2 N–H and O–H groups in total. The number of nitrogens with zero attached hydrogens (tertiary/aromatic N) is 2. The van der Waals surface area contributed by atoms with Crippen molar-refractivity contribution in [2.75, 3.05) is 5.32 Å². The van der Waals surface area contributed by atoms with Gasteiger partial charge in [-0.05, 0) is 36.4 Å². The Morgan fingerprint density at radius 3 is 2.64 bits per heavy atom. The summed E-state index contributed by atoms with van der Waals surface area (Å²) in [4.78, 5) is 12.3. The van der Waals surface area contributed by atoms with Crippen LogP contribution in [0.15, 0.2) is 77.7 Å². The first-order valence-electron chi connectivity index (χ1n) is 7.56. The van der Waals surface area contributed by atoms with Crippen LogP contribution in [0.2, 0.25) is 5.02 Å². The summed E-state index contributed by atoms with van der Waals surface area (Å²) in [6.45, 7) is 0. The van der Waals surface area contributed by atoms with Crippen molar-refractivity contribution in [3.05, 3.63) is 93.9 Å². The second kappa shape index (κ2) is 7.59. The lowest BCUT2D eigenvalue weighted by molar-refractivity contribution is 0.825. The van der Waals surface area contributed by atoms with Gasteiger partial charge in [-0.3, -0.25) is 4.79 Å². The van der Waals surface area contributed by atoms with Crippen LogP contribution in [-0.2, 0) is 0 Å². The summed E-state index contributed by atoms with van der Waals surface area (Å²) >= 11 is 6.03. The van der Waals surface area contributed by atoms with Gasteiger partial charge in [-0.1, -0.05) is 35.9 Å². The Hall–Kier alpha value is -3.18. The van der Waals surface area contributed by atoms with Gasteiger partial charge in [0, 0.05) is 29.2 Å². The number of hydrogen-bond acceptors (Lipinski definition) is 4. The van der Waals surface area contributed by atoms with Crippen molar-refractivity contribution in [3.63, 3.8) is 0 Å². The highest BCUT2D eigenvalue weighted by Gasteiger charge is 2.10. The average molecular weight is 351 g/mol. The summed E-state index contributed by atoms with van der Waals surface area (Å²) in [6.07, 6.45) is 4.20. The first-order chi connectivity index (χ1) is 12.2. The van der Waals surface area contributed by atoms with Gasteiger partial charge in [-0.25, -0.2) is 4.68 Å². The van der Waals surface area contributed by atoms with Crippen molar-refractivity contribution in [2.45, 2.75) is 0 Å². The van der Waals surface area contributed by atoms with Gasteiger partial charge >= 0.3 is 0 Å². The molecular formula is C19H15ClN4O. The molecule has 3 rings (SSSR count). The monoisotopic (exact) mass is 350 g/mol. The molecule has 0 aliphatic heterocycles. The van der Waals surface area contributed by atoms with Crippen molar-refractivity contribution in [1.82, 2.24) is 9.78 Å². The molecule has 0 spiro atoms. The Morgan fingerprint density at radius 2 is 1.92 bits per heavy atom. The smallest absolute Gasteiger partial charge is 0.209 e. The standard InChI is InChI=1S/C19H15ClN4O/c20-14-5-4-8-16(13-14)24-12-10-18(25)19(23-24)17(9-11-21)22-15-6-2-1-3-7-15/h1-13,21-22H/b17-9-,21-11?. The first kappa shape index (κ1) is 16.7. The summed E-state index contributed by atoms with van der Waals surface area (Å²) in [5.41, 5.74) is 1.96. The fraction of sp³-hybridized carbons (Fsp3) is 0. The van der Waals surface area contributed by atoms with Crippen molar-refractivity contribution >= 4 is 29.2 Å². The van der Waals surface area contributed by atoms with Crippen molar-refractivity contribution in [1.29, 1.82) is 5.41 Å². The van der Waals surface area contributed by atoms with E-state index in [0.29, 0.717) is 10.7 Å². The predicted molar refractivity (Wildman–Crippen MR) is 102 cm³/mol. The maximum absolute atomic E-state index is 12.3. The summed E-state index contributed by atoms with van der Waals surface area (Å²) in [6, 6.07) is 18.0. The second-order valence-electron chi connectivity index (χ2n) is 5.19. The minimum absolute atomic E-state index is 0.217. The van der Waals surface area contributed by atoms with Crippen LogP contribution in [0, 0.1) is 5.41 Å². The molecule has 0 saturated heterocycles. The molecule has 5 nitrogen and oxygen atoms in total. The largest absolute Gasteiger partial charge is 0.354 e. The van der Waals surface area contributed by atoms with E-state index < -0.39 is 0 Å². The van der Waals surface area contributed by atoms with Crippen LogP contribution in [0.1, 0.15) is 5.69 Å². The number of allylic oxidation sites excluding steroid dienone is 1. The Bertz CT molecular complexity index is 980. The molecule has 0 bridgehead atoms. The summed E-state index contributed by atoms with van der Waals surface area (Å²) in [7, 11) is 0. The van der Waals surface area contributed by atoms with Crippen LogP contribution < -0.4 is 10.7 Å². The number of rotatable bonds is 5. The van der Waals surface area contributed by atoms with E-state index in [-0.39, 0.29) is 11.1 Å². The van der Waals surface area contributed by atoms with Crippen LogP contribution in [0.25, 0.3) is 11.4 Å². The molecule has 0 amide bonds. The zero-order valence-electron chi connectivity index (χ0n) is 13.2. The van der Waals surface area contributed by atoms with Gasteiger partial charge < -0.3 is 10.7 Å². The summed E-state index contributed by atoms with van der Waals surface area (Å²) in [5.74, 6) is 0. The quantitative estimate of drug-likeness (QED) is 0.683. The zero-order valence-corrected chi connectivity index (χ0v) is 13.9. The minimum Gasteiger partial charge on any atom is -0.354 e. The van der Waals surface area contributed by atoms with Crippen molar-refractivity contribution in [2.24, 2.45) is 0 Å². The van der Waals surface area contributed by atoms with Crippen LogP contribution in [0.3, 0.4) is 0 Å². The molecule has 1 aromatic heterocycles. The number of hydrogen-bond donors (Lipinski definition) is 2. The molecular weight excluding hydrogens is 336 g/mol. The maximum Gasteiger partial charge on any atom is 0.209 e. The first-order valence-corrected chi connectivity index (χ1v) is 7.94. The zero-order chi connectivity index (χ0) is 17.6. The highest BCUT2D eigenvalue weighted by Crippen LogP contribution is 2.16. The van der Waals surface area contributed by atoms with E-state index in [2.05, 4.69) is 10.4 Å². The SMILES string of the molecule is N=C/C=C(\Nc1ccccc1)c1nn(-c2cccc(Cl)c2)ccc1=O. The van der Waals surface area contributed by atoms with Crippen molar-refractivity contribution in [3.8, 4) is 5.69 Å². The van der Waals surface area contributed by atoms with Crippen LogP contribution in [0.5, 0.6) is 0 Å². The van der Waals surface area contributed by atoms with E-state index >= 15 is 0 Å². The number of nitrogens with one attached hydrogen (secondary N) is 2. The topological polar surface area (TPSA) is 70.8 Å². The number of benzene rings is 2. The maximum atomic E-state index is 12.3. The van der Waals surface area contributed by atoms with E-state index in [0.717, 1.165) is 17.6 Å². The molecule has 0 saturated carbocycles. The third-order valence-corrected chi connectivity index (χ3v) is 3.67. The van der Waals surface area contributed by atoms with Crippen LogP contribution in [0.4, 0.5) is 5.69 Å². The Kier molecular flexibility index (Phi) is 5.06. The fourth-order valence-electron chi connectivity index (χ4n) is 2.30. The van der Waals surface area contributed by atoms with Gasteiger partial charge in [0.25, 0.3) is 0 Å². The lowest BCUT2D eigenvalue weighted by atomic mass is 10.2. The van der Waals surface area contributed by atoms with E-state index in [1.807, 2.05) is 42.5 Å². The summed E-state index contributed by atoms with van der Waals surface area (Å²) < 4.78 is 1.58. The molecule has 0 radical (unpaired) electrons. The normalized spacial score (nSPS) is 11.2. The molecule has 0 aliphatic carbocycles. The van der Waals surface area contributed by atoms with E-state index in [9.17, 15) is 4.79 Å². The van der Waals surface area contributed by atoms with Gasteiger partial charge in [0.05, 0.1) is 11.4 Å². The second-order valence-corrected chi connectivity index (χ2v) is 5.63. The number of aromatic nitrogens is 2. The molecule has 25 heavy (non-hydrogen) atoms. The molecule has 0 unspecified atom stereocenters. The van der Waals surface area contributed by atoms with Crippen LogP contribution in [-0.4, -0.2) is 16.0 Å². The third kappa shape index (κ3) is 4.02. The lowest BCUT2D eigenvalue weighted by Gasteiger charge is -2.12. The van der Waals surface area contributed by atoms with Gasteiger partial charge in [0.1, 0.15) is 0 Å². The Balaban J connectivity index is 2.04. The Morgan fingerprint density at radius 1 is 1.12 bits per heavy atom. The number of halogens is 1. The highest BCUT2D eigenvalue weighted by atomic mass is 35.5. The van der Waals surface area contributed by atoms with Gasteiger partial charge in [-0.15, -0.1) is 0 Å². The van der Waals surface area contributed by atoms with Gasteiger partial charge in [-0.2, -0.15) is 5.10 Å². The van der Waals surface area contributed by atoms with E-state index in [1.165, 1.54) is 12.1 Å². The van der Waals surface area contributed by atoms with Gasteiger partial charge in [0.15, 0.2) is 5.69 Å². The lowest BCUT2D eigenvalue weighted by Crippen LogP contribution is -2.18. The van der Waals surface area contributed by atoms with E-state index in [1.54, 1.807) is 23.0 Å². The molecule has 2 aromatic carbocycles. The molecule has 0 atom stereocenters. The fourth-order valence-corrected chi connectivity index (χ4v) is 2.48. The molecule has 124 valence electrons. The minimum atomic E-state index is -0.241. The molecule has 1 heterocycles. The molecule has 3 aromatic rings. The number of anilines is 1. The third-order valence-electron chi connectivity index (χ3n) is 3.44. The highest BCUT2D eigenvalue weighted by molar-refractivity contribution is 6.30. The molecule has 0 fully saturated rings. The van der Waals surface area contributed by atoms with Gasteiger partial charge in [0.2, 0.25) is 5.43 Å². The number of para-hydroxylation sites is 1. The Labute approximate surface area is 149 Å². The summed E-state index contributed by atoms with van der Waals surface area (Å²) in [5, 5.41) is 15.5. The molecule has 6 heteroatoms. The van der Waals surface area contributed by atoms with Crippen LogP contribution >= 0.6 is 11.6 Å². The average Bonchev–Trinajstić information content (AvgIpc) is 2.63.